The Morgan fingerprint density at radius 3 is 2.79 bits per heavy atom. The molecule has 0 bridgehead atoms. The largest absolute Gasteiger partial charge is 0.489 e. The Morgan fingerprint density at radius 2 is 1.95 bits per heavy atom. The molecule has 0 saturated heterocycles. The first-order valence-corrected chi connectivity index (χ1v) is 6.98. The Hall–Kier alpha value is -1.74. The van der Waals surface area contributed by atoms with E-state index in [4.69, 9.17) is 4.74 Å². The van der Waals surface area contributed by atoms with Crippen molar-refractivity contribution in [3.8, 4) is 5.75 Å². The first-order valence-electron chi connectivity index (χ1n) is 6.18. The number of H-pyrrole nitrogens is 1. The van der Waals surface area contributed by atoms with Crippen molar-refractivity contribution in [1.29, 1.82) is 0 Å². The van der Waals surface area contributed by atoms with Crippen LogP contribution < -0.4 is 4.74 Å². The van der Waals surface area contributed by atoms with Crippen LogP contribution in [0.3, 0.4) is 0 Å². The number of para-hydroxylation sites is 1. The van der Waals surface area contributed by atoms with Gasteiger partial charge in [0, 0.05) is 27.1 Å². The van der Waals surface area contributed by atoms with Crippen molar-refractivity contribution in [2.75, 3.05) is 0 Å². The third-order valence-corrected chi connectivity index (χ3v) is 3.87. The summed E-state index contributed by atoms with van der Waals surface area (Å²) in [6.45, 7) is 2.62. The molecule has 2 aromatic carbocycles. The van der Waals surface area contributed by atoms with Crippen LogP contribution >= 0.6 is 15.9 Å². The van der Waals surface area contributed by atoms with Crippen molar-refractivity contribution in [2.45, 2.75) is 13.5 Å². The van der Waals surface area contributed by atoms with Gasteiger partial charge in [-0.2, -0.15) is 0 Å². The van der Waals surface area contributed by atoms with Crippen molar-refractivity contribution >= 4 is 26.8 Å². The molecule has 19 heavy (non-hydrogen) atoms. The van der Waals surface area contributed by atoms with Crippen LogP contribution in [-0.2, 0) is 6.61 Å². The zero-order valence-corrected chi connectivity index (χ0v) is 12.2. The molecule has 0 atom stereocenters. The Bertz CT molecular complexity index is 718. The molecule has 1 N–H and O–H groups in total. The van der Waals surface area contributed by atoms with E-state index in [2.05, 4.69) is 40.0 Å². The minimum Gasteiger partial charge on any atom is -0.489 e. The number of halogens is 1. The standard InChI is InChI=1S/C16H14BrNO/c1-11-5-2-3-8-15(11)19-10-12-9-18-14-7-4-6-13(17)16(12)14/h2-9,18H,10H2,1H3. The quantitative estimate of drug-likeness (QED) is 0.736. The number of hydrogen-bond donors (Lipinski definition) is 1. The molecule has 0 radical (unpaired) electrons. The van der Waals surface area contributed by atoms with Crippen LogP contribution in [-0.4, -0.2) is 4.98 Å². The number of aromatic amines is 1. The highest BCUT2D eigenvalue weighted by atomic mass is 79.9. The van der Waals surface area contributed by atoms with E-state index in [0.717, 1.165) is 26.9 Å². The molecule has 1 heterocycles. The van der Waals surface area contributed by atoms with E-state index < -0.39 is 0 Å². The van der Waals surface area contributed by atoms with Gasteiger partial charge in [-0.3, -0.25) is 0 Å². The van der Waals surface area contributed by atoms with Gasteiger partial charge in [-0.25, -0.2) is 0 Å². The van der Waals surface area contributed by atoms with Gasteiger partial charge in [-0.05, 0) is 30.7 Å². The fourth-order valence-electron chi connectivity index (χ4n) is 2.20. The molecule has 0 unspecified atom stereocenters. The first-order chi connectivity index (χ1) is 9.25. The normalized spacial score (nSPS) is 10.8. The summed E-state index contributed by atoms with van der Waals surface area (Å²) in [6, 6.07) is 14.2. The van der Waals surface area contributed by atoms with Crippen molar-refractivity contribution < 1.29 is 4.74 Å². The fraction of sp³-hybridized carbons (Fsp3) is 0.125. The molecule has 1 aromatic heterocycles. The average Bonchev–Trinajstić information content (AvgIpc) is 2.83. The van der Waals surface area contributed by atoms with Crippen LogP contribution in [0.5, 0.6) is 5.75 Å². The SMILES string of the molecule is Cc1ccccc1OCc1c[nH]c2cccc(Br)c12. The Labute approximate surface area is 120 Å². The van der Waals surface area contributed by atoms with Gasteiger partial charge in [0.2, 0.25) is 0 Å². The molecule has 0 saturated carbocycles. The van der Waals surface area contributed by atoms with Crippen LogP contribution in [0.25, 0.3) is 10.9 Å². The predicted molar refractivity (Wildman–Crippen MR) is 81.5 cm³/mol. The van der Waals surface area contributed by atoms with Gasteiger partial charge in [-0.1, -0.05) is 40.2 Å². The lowest BCUT2D eigenvalue weighted by Crippen LogP contribution is -1.96. The Morgan fingerprint density at radius 1 is 1.11 bits per heavy atom. The Balaban J connectivity index is 1.89. The van der Waals surface area contributed by atoms with E-state index >= 15 is 0 Å². The predicted octanol–water partition coefficient (Wildman–Crippen LogP) is 4.82. The minimum atomic E-state index is 0.563. The second kappa shape index (κ2) is 5.10. The van der Waals surface area contributed by atoms with E-state index in [1.165, 1.54) is 5.39 Å². The van der Waals surface area contributed by atoms with Gasteiger partial charge in [0.15, 0.2) is 0 Å². The summed E-state index contributed by atoms with van der Waals surface area (Å²) in [5.74, 6) is 0.934. The molecule has 2 nitrogen and oxygen atoms in total. The molecule has 0 aliphatic rings. The summed E-state index contributed by atoms with van der Waals surface area (Å²) in [5.41, 5.74) is 3.44. The number of fused-ring (bicyclic) bond motifs is 1. The Kier molecular flexibility index (Phi) is 3.30. The lowest BCUT2D eigenvalue weighted by atomic mass is 10.2. The van der Waals surface area contributed by atoms with Crippen LogP contribution in [0.2, 0.25) is 0 Å². The monoisotopic (exact) mass is 315 g/mol. The van der Waals surface area contributed by atoms with Crippen molar-refractivity contribution in [3.05, 3.63) is 64.3 Å². The lowest BCUT2D eigenvalue weighted by molar-refractivity contribution is 0.305. The second-order valence-electron chi connectivity index (χ2n) is 4.53. The molecule has 3 rings (SSSR count). The van der Waals surface area contributed by atoms with E-state index in [-0.39, 0.29) is 0 Å². The van der Waals surface area contributed by atoms with Gasteiger partial charge < -0.3 is 9.72 Å². The molecule has 0 amide bonds. The molecule has 3 heteroatoms. The topological polar surface area (TPSA) is 25.0 Å². The molecular weight excluding hydrogens is 302 g/mol. The van der Waals surface area contributed by atoms with Gasteiger partial charge in [-0.15, -0.1) is 0 Å². The average molecular weight is 316 g/mol. The zero-order valence-electron chi connectivity index (χ0n) is 10.6. The van der Waals surface area contributed by atoms with E-state index in [1.807, 2.05) is 36.5 Å². The van der Waals surface area contributed by atoms with E-state index in [9.17, 15) is 0 Å². The lowest BCUT2D eigenvalue weighted by Gasteiger charge is -2.08. The second-order valence-corrected chi connectivity index (χ2v) is 5.38. The van der Waals surface area contributed by atoms with Crippen LogP contribution in [0, 0.1) is 6.92 Å². The molecule has 0 aliphatic carbocycles. The summed E-state index contributed by atoms with van der Waals surface area (Å²) in [4.78, 5) is 3.27. The van der Waals surface area contributed by atoms with Crippen molar-refractivity contribution in [1.82, 2.24) is 4.98 Å². The number of ether oxygens (including phenoxy) is 1. The van der Waals surface area contributed by atoms with Gasteiger partial charge in [0.05, 0.1) is 0 Å². The number of aryl methyl sites for hydroxylation is 1. The molecule has 3 aromatic rings. The fourth-order valence-corrected chi connectivity index (χ4v) is 2.82. The number of aromatic nitrogens is 1. The zero-order chi connectivity index (χ0) is 13.2. The highest BCUT2D eigenvalue weighted by Crippen LogP contribution is 2.28. The number of benzene rings is 2. The minimum absolute atomic E-state index is 0.563. The number of nitrogens with one attached hydrogen (secondary N) is 1. The highest BCUT2D eigenvalue weighted by molar-refractivity contribution is 9.10. The van der Waals surface area contributed by atoms with Crippen LogP contribution in [0.1, 0.15) is 11.1 Å². The first kappa shape index (κ1) is 12.3. The summed E-state index contributed by atoms with van der Waals surface area (Å²) in [5, 5.41) is 1.19. The molecule has 0 spiro atoms. The van der Waals surface area contributed by atoms with Crippen LogP contribution in [0.4, 0.5) is 0 Å². The van der Waals surface area contributed by atoms with E-state index in [0.29, 0.717) is 6.61 Å². The summed E-state index contributed by atoms with van der Waals surface area (Å²) < 4.78 is 7.00. The maximum absolute atomic E-state index is 5.90. The molecule has 0 aliphatic heterocycles. The van der Waals surface area contributed by atoms with Crippen LogP contribution in [0.15, 0.2) is 53.1 Å². The summed E-state index contributed by atoms with van der Waals surface area (Å²) in [7, 11) is 0. The number of rotatable bonds is 3. The van der Waals surface area contributed by atoms with E-state index in [1.54, 1.807) is 0 Å². The molecule has 96 valence electrons. The number of hydrogen-bond acceptors (Lipinski definition) is 1. The van der Waals surface area contributed by atoms with Gasteiger partial charge in [0.25, 0.3) is 0 Å². The molecular formula is C16H14BrNO. The van der Waals surface area contributed by atoms with Gasteiger partial charge >= 0.3 is 0 Å². The van der Waals surface area contributed by atoms with Crippen molar-refractivity contribution in [3.63, 3.8) is 0 Å². The maximum atomic E-state index is 5.90. The van der Waals surface area contributed by atoms with Crippen molar-refractivity contribution in [2.24, 2.45) is 0 Å². The summed E-state index contributed by atoms with van der Waals surface area (Å²) in [6.07, 6.45) is 2.01. The van der Waals surface area contributed by atoms with Gasteiger partial charge in [0.1, 0.15) is 12.4 Å². The summed E-state index contributed by atoms with van der Waals surface area (Å²) >= 11 is 3.59. The third kappa shape index (κ3) is 2.38. The third-order valence-electron chi connectivity index (χ3n) is 3.21. The highest BCUT2D eigenvalue weighted by Gasteiger charge is 2.08. The maximum Gasteiger partial charge on any atom is 0.122 e. The smallest absolute Gasteiger partial charge is 0.122 e. The molecule has 0 fully saturated rings.